The van der Waals surface area contributed by atoms with Crippen LogP contribution in [0.3, 0.4) is 0 Å². The summed E-state index contributed by atoms with van der Waals surface area (Å²) in [6.45, 7) is 3.49. The predicted octanol–water partition coefficient (Wildman–Crippen LogP) is 7.19. The number of non-ortho nitro benzene ring substituents is 1. The van der Waals surface area contributed by atoms with Gasteiger partial charge in [-0.05, 0) is 79.6 Å². The number of nitrogens with zero attached hydrogens (tertiary/aromatic N) is 1. The Balaban J connectivity index is 1.43. The van der Waals surface area contributed by atoms with E-state index in [-0.39, 0.29) is 17.3 Å². The highest BCUT2D eigenvalue weighted by Gasteiger charge is 2.18. The lowest BCUT2D eigenvalue weighted by molar-refractivity contribution is -0.384. The zero-order valence-corrected chi connectivity index (χ0v) is 25.6. The minimum Gasteiger partial charge on any atom is -0.325 e. The van der Waals surface area contributed by atoms with Crippen LogP contribution in [0.25, 0.3) is 6.08 Å². The van der Waals surface area contributed by atoms with E-state index in [1.807, 2.05) is 24.3 Å². The monoisotopic (exact) mass is 658 g/mol. The Hall–Kier alpha value is -4.74. The van der Waals surface area contributed by atoms with Crippen molar-refractivity contribution < 1.29 is 19.3 Å². The van der Waals surface area contributed by atoms with Gasteiger partial charge in [0.2, 0.25) is 5.91 Å². The largest absolute Gasteiger partial charge is 0.325 e. The minimum absolute atomic E-state index is 0.0661. The van der Waals surface area contributed by atoms with Gasteiger partial charge < -0.3 is 16.0 Å². The van der Waals surface area contributed by atoms with Crippen LogP contribution in [0, 0.1) is 17.0 Å². The summed E-state index contributed by atoms with van der Waals surface area (Å²) in [4.78, 5) is 50.3. The molecule has 0 bridgehead atoms. The van der Waals surface area contributed by atoms with E-state index in [2.05, 4.69) is 31.9 Å². The molecule has 0 aliphatic carbocycles. The molecular weight excluding hydrogens is 632 g/mol. The van der Waals surface area contributed by atoms with Gasteiger partial charge >= 0.3 is 0 Å². The number of aryl methyl sites for hydroxylation is 1. The van der Waals surface area contributed by atoms with Gasteiger partial charge in [-0.15, -0.1) is 11.8 Å². The average Bonchev–Trinajstić information content (AvgIpc) is 3.00. The van der Waals surface area contributed by atoms with Gasteiger partial charge in [-0.2, -0.15) is 0 Å². The minimum atomic E-state index is -0.510. The van der Waals surface area contributed by atoms with Crippen LogP contribution in [0.1, 0.15) is 28.4 Å². The summed E-state index contributed by atoms with van der Waals surface area (Å²) in [5.74, 6) is -1.23. The van der Waals surface area contributed by atoms with Crippen molar-refractivity contribution in [3.63, 3.8) is 0 Å². The van der Waals surface area contributed by atoms with Gasteiger partial charge in [0.25, 0.3) is 17.5 Å². The molecule has 3 amide bonds. The number of carbonyl (C=O) groups excluding carboxylic acids is 3. The van der Waals surface area contributed by atoms with Crippen molar-refractivity contribution in [1.29, 1.82) is 0 Å². The molecule has 0 heterocycles. The van der Waals surface area contributed by atoms with Crippen molar-refractivity contribution >= 4 is 68.6 Å². The number of anilines is 2. The molecule has 0 radical (unpaired) electrons. The number of amides is 3. The van der Waals surface area contributed by atoms with Gasteiger partial charge in [0, 0.05) is 32.8 Å². The fourth-order valence-corrected chi connectivity index (χ4v) is 4.97. The number of nitro groups is 1. The molecule has 0 saturated carbocycles. The molecule has 0 fully saturated rings. The third-order valence-electron chi connectivity index (χ3n) is 6.19. The normalized spacial score (nSPS) is 11.7. The summed E-state index contributed by atoms with van der Waals surface area (Å²) in [5, 5.41) is 18.9. The molecular formula is C32H27BrN4O5S. The fraction of sp³-hybridized carbons (Fsp3) is 0.0938. The number of nitro benzene ring substituents is 1. The lowest BCUT2D eigenvalue weighted by Gasteiger charge is -2.14. The van der Waals surface area contributed by atoms with Crippen LogP contribution >= 0.6 is 27.7 Å². The van der Waals surface area contributed by atoms with Gasteiger partial charge in [-0.3, -0.25) is 24.5 Å². The molecule has 4 aromatic rings. The molecule has 0 aliphatic heterocycles. The van der Waals surface area contributed by atoms with Crippen LogP contribution in [-0.2, 0) is 9.59 Å². The number of halogens is 1. The van der Waals surface area contributed by atoms with E-state index in [1.54, 1.807) is 80.6 Å². The topological polar surface area (TPSA) is 130 Å². The van der Waals surface area contributed by atoms with E-state index >= 15 is 0 Å². The highest BCUT2D eigenvalue weighted by molar-refractivity contribution is 9.10. The first kappa shape index (κ1) is 31.2. The molecule has 0 saturated heterocycles. The number of nitrogens with one attached hydrogen (secondary N) is 3. The standard InChI is InChI=1S/C32H27BrN4O5S/c1-20-8-15-26(37(41)42)19-28(20)35-30(38)21(2)43-27-16-13-25(14-17-27)34-32(40)29(18-22-9-11-24(33)12-10-22)36-31(39)23-6-4-3-5-7-23/h3-19,21H,1-2H3,(H,34,40)(H,35,38)(H,36,39)/b29-18-. The van der Waals surface area contributed by atoms with E-state index in [0.717, 1.165) is 14.9 Å². The van der Waals surface area contributed by atoms with E-state index in [0.29, 0.717) is 22.5 Å². The quantitative estimate of drug-likeness (QED) is 0.0715. The maximum Gasteiger partial charge on any atom is 0.272 e. The van der Waals surface area contributed by atoms with Crippen LogP contribution in [-0.4, -0.2) is 27.9 Å². The lowest BCUT2D eigenvalue weighted by atomic mass is 10.1. The highest BCUT2D eigenvalue weighted by atomic mass is 79.9. The van der Waals surface area contributed by atoms with Crippen molar-refractivity contribution in [2.75, 3.05) is 10.6 Å². The second-order valence-corrected chi connectivity index (χ2v) is 11.7. The Labute approximate surface area is 261 Å². The zero-order valence-electron chi connectivity index (χ0n) is 23.2. The third kappa shape index (κ3) is 8.87. The summed E-state index contributed by atoms with van der Waals surface area (Å²) in [7, 11) is 0. The van der Waals surface area contributed by atoms with E-state index in [1.165, 1.54) is 23.9 Å². The molecule has 9 nitrogen and oxygen atoms in total. The van der Waals surface area contributed by atoms with Crippen molar-refractivity contribution in [2.45, 2.75) is 24.0 Å². The van der Waals surface area contributed by atoms with Crippen LogP contribution in [0.5, 0.6) is 0 Å². The molecule has 0 spiro atoms. The van der Waals surface area contributed by atoms with Crippen LogP contribution in [0.4, 0.5) is 17.1 Å². The molecule has 4 rings (SSSR count). The van der Waals surface area contributed by atoms with E-state index in [9.17, 15) is 24.5 Å². The number of hydrogen-bond acceptors (Lipinski definition) is 6. The summed E-state index contributed by atoms with van der Waals surface area (Å²) in [5.41, 5.74) is 2.69. The van der Waals surface area contributed by atoms with Crippen LogP contribution < -0.4 is 16.0 Å². The Kier molecular flexibility index (Phi) is 10.5. The Morgan fingerprint density at radius 1 is 0.907 bits per heavy atom. The summed E-state index contributed by atoms with van der Waals surface area (Å²) < 4.78 is 0.882. The molecule has 218 valence electrons. The van der Waals surface area contributed by atoms with Crippen molar-refractivity contribution in [1.82, 2.24) is 5.32 Å². The Morgan fingerprint density at radius 3 is 2.23 bits per heavy atom. The molecule has 0 aromatic heterocycles. The van der Waals surface area contributed by atoms with Crippen molar-refractivity contribution in [3.05, 3.63) is 134 Å². The molecule has 4 aromatic carbocycles. The average molecular weight is 660 g/mol. The predicted molar refractivity (Wildman–Crippen MR) is 173 cm³/mol. The number of hydrogen-bond donors (Lipinski definition) is 3. The lowest BCUT2D eigenvalue weighted by Crippen LogP contribution is -2.30. The SMILES string of the molecule is Cc1ccc([N+](=O)[O-])cc1NC(=O)C(C)Sc1ccc(NC(=O)/C(=C/c2ccc(Br)cc2)NC(=O)c2ccccc2)cc1. The number of carbonyl (C=O) groups is 3. The summed E-state index contributed by atoms with van der Waals surface area (Å²) in [6.07, 6.45) is 1.59. The van der Waals surface area contributed by atoms with Crippen LogP contribution in [0.2, 0.25) is 0 Å². The second-order valence-electron chi connectivity index (χ2n) is 9.41. The van der Waals surface area contributed by atoms with Gasteiger partial charge in [0.1, 0.15) is 5.70 Å². The molecule has 3 N–H and O–H groups in total. The molecule has 11 heteroatoms. The number of benzene rings is 4. The third-order valence-corrected chi connectivity index (χ3v) is 7.83. The molecule has 1 atom stereocenters. The first-order valence-electron chi connectivity index (χ1n) is 13.1. The zero-order chi connectivity index (χ0) is 30.9. The maximum atomic E-state index is 13.3. The van der Waals surface area contributed by atoms with Crippen molar-refractivity contribution in [2.24, 2.45) is 0 Å². The maximum absolute atomic E-state index is 13.3. The fourth-order valence-electron chi connectivity index (χ4n) is 3.83. The molecule has 1 unspecified atom stereocenters. The first-order valence-corrected chi connectivity index (χ1v) is 14.7. The molecule has 43 heavy (non-hydrogen) atoms. The van der Waals surface area contributed by atoms with Crippen LogP contribution in [0.15, 0.2) is 112 Å². The highest BCUT2D eigenvalue weighted by Crippen LogP contribution is 2.27. The van der Waals surface area contributed by atoms with Crippen molar-refractivity contribution in [3.8, 4) is 0 Å². The van der Waals surface area contributed by atoms with Gasteiger partial charge in [-0.25, -0.2) is 0 Å². The summed E-state index contributed by atoms with van der Waals surface area (Å²) >= 11 is 4.69. The number of rotatable bonds is 10. The molecule has 0 aliphatic rings. The number of thioether (sulfide) groups is 1. The Bertz CT molecular complexity index is 1680. The van der Waals surface area contributed by atoms with E-state index < -0.39 is 22.0 Å². The van der Waals surface area contributed by atoms with Gasteiger partial charge in [0.15, 0.2) is 0 Å². The smallest absolute Gasteiger partial charge is 0.272 e. The van der Waals surface area contributed by atoms with Gasteiger partial charge in [0.05, 0.1) is 15.9 Å². The first-order chi connectivity index (χ1) is 20.6. The van der Waals surface area contributed by atoms with Gasteiger partial charge in [-0.1, -0.05) is 52.3 Å². The Morgan fingerprint density at radius 2 is 1.58 bits per heavy atom. The van der Waals surface area contributed by atoms with E-state index in [4.69, 9.17) is 0 Å². The summed E-state index contributed by atoms with van der Waals surface area (Å²) in [6, 6.07) is 27.2. The second kappa shape index (κ2) is 14.4.